The Bertz CT molecular complexity index is 1150. The lowest BCUT2D eigenvalue weighted by molar-refractivity contribution is -0.384. The van der Waals surface area contributed by atoms with Gasteiger partial charge in [-0.3, -0.25) is 10.1 Å². The zero-order valence-corrected chi connectivity index (χ0v) is 20.4. The average molecular weight is 643 g/mol. The average Bonchev–Trinajstić information content (AvgIpc) is 2.72. The zero-order chi connectivity index (χ0) is 21.7. The molecule has 0 fully saturated rings. The minimum Gasteiger partial charge on any atom is -0.487 e. The maximum atomic E-state index is 10.8. The molecule has 0 N–H and O–H groups in total. The summed E-state index contributed by atoms with van der Waals surface area (Å²) < 4.78 is 7.74. The van der Waals surface area contributed by atoms with Crippen molar-refractivity contribution in [3.8, 4) is 11.8 Å². The summed E-state index contributed by atoms with van der Waals surface area (Å²) in [6.07, 6.45) is 1.80. The summed E-state index contributed by atoms with van der Waals surface area (Å²) in [5, 5.41) is 20.9. The van der Waals surface area contributed by atoms with Crippen molar-refractivity contribution in [1.82, 2.24) is 0 Å². The molecule has 8 heteroatoms. The number of rotatable bonds is 6. The monoisotopic (exact) mass is 642 g/mol. The third-order valence-corrected chi connectivity index (χ3v) is 6.08. The van der Waals surface area contributed by atoms with Gasteiger partial charge in [-0.05, 0) is 92.7 Å². The normalized spacial score (nSPS) is 11.1. The van der Waals surface area contributed by atoms with Crippen LogP contribution in [0.4, 0.5) is 5.69 Å². The van der Waals surface area contributed by atoms with Crippen LogP contribution < -0.4 is 4.74 Å². The molecular weight excluding hydrogens is 630 g/mol. The van der Waals surface area contributed by atoms with Crippen LogP contribution in [-0.4, -0.2) is 4.92 Å². The fraction of sp³-hybridized carbons (Fsp3) is 0.0455. The van der Waals surface area contributed by atoms with E-state index in [1.807, 2.05) is 30.3 Å². The quantitative estimate of drug-likeness (QED) is 0.0946. The van der Waals surface area contributed by atoms with Crippen molar-refractivity contribution in [3.63, 3.8) is 0 Å². The molecule has 5 nitrogen and oxygen atoms in total. The summed E-state index contributed by atoms with van der Waals surface area (Å²) in [4.78, 5) is 10.3. The third kappa shape index (κ3) is 5.50. The van der Waals surface area contributed by atoms with Gasteiger partial charge in [0.05, 0.1) is 23.7 Å². The number of nitriles is 1. The summed E-state index contributed by atoms with van der Waals surface area (Å²) in [5.74, 6) is 0.725. The lowest BCUT2D eigenvalue weighted by Crippen LogP contribution is -2.00. The Morgan fingerprint density at radius 3 is 2.33 bits per heavy atom. The first-order valence-corrected chi connectivity index (χ1v) is 11.1. The predicted molar refractivity (Wildman–Crippen MR) is 134 cm³/mol. The first-order chi connectivity index (χ1) is 14.4. The standard InChI is InChI=1S/C22H13ClI2N2O3/c23-19-4-2-1-3-18(19)16(12-26)9-15-10-20(24)22(21(25)11-15)30-13-14-5-7-17(8-6-14)27(28)29/h1-11H,13H2. The Morgan fingerprint density at radius 1 is 1.13 bits per heavy atom. The smallest absolute Gasteiger partial charge is 0.269 e. The lowest BCUT2D eigenvalue weighted by atomic mass is 10.0. The molecule has 0 aliphatic heterocycles. The summed E-state index contributed by atoms with van der Waals surface area (Å²) in [6, 6.07) is 19.6. The van der Waals surface area contributed by atoms with Crippen LogP contribution in [0.1, 0.15) is 16.7 Å². The fourth-order valence-corrected chi connectivity index (χ4v) is 5.05. The second kappa shape index (κ2) is 10.2. The highest BCUT2D eigenvalue weighted by molar-refractivity contribution is 14.1. The first-order valence-electron chi connectivity index (χ1n) is 8.61. The van der Waals surface area contributed by atoms with Gasteiger partial charge in [-0.25, -0.2) is 0 Å². The van der Waals surface area contributed by atoms with Gasteiger partial charge in [-0.1, -0.05) is 29.8 Å². The molecule has 0 aromatic heterocycles. The molecule has 3 aromatic rings. The highest BCUT2D eigenvalue weighted by Crippen LogP contribution is 2.32. The van der Waals surface area contributed by atoms with Gasteiger partial charge < -0.3 is 4.74 Å². The van der Waals surface area contributed by atoms with Gasteiger partial charge in [0.1, 0.15) is 12.4 Å². The number of nitro benzene ring substituents is 1. The molecule has 0 amide bonds. The molecule has 3 rings (SSSR count). The molecule has 0 aliphatic rings. The molecule has 0 aliphatic carbocycles. The molecule has 0 unspecified atom stereocenters. The van der Waals surface area contributed by atoms with Crippen LogP contribution in [0.5, 0.6) is 5.75 Å². The molecule has 0 saturated heterocycles. The molecule has 0 heterocycles. The Kier molecular flexibility index (Phi) is 7.69. The number of hydrogen-bond acceptors (Lipinski definition) is 4. The van der Waals surface area contributed by atoms with Gasteiger partial charge in [0.2, 0.25) is 0 Å². The topological polar surface area (TPSA) is 76.2 Å². The molecular formula is C22H13ClI2N2O3. The SMILES string of the molecule is N#CC(=Cc1cc(I)c(OCc2ccc([N+](=O)[O-])cc2)c(I)c1)c1ccccc1Cl. The number of nitro groups is 1. The van der Waals surface area contributed by atoms with Crippen molar-refractivity contribution in [2.75, 3.05) is 0 Å². The van der Waals surface area contributed by atoms with Gasteiger partial charge in [-0.2, -0.15) is 5.26 Å². The van der Waals surface area contributed by atoms with E-state index in [0.29, 0.717) is 22.8 Å². The van der Waals surface area contributed by atoms with Crippen molar-refractivity contribution in [1.29, 1.82) is 5.26 Å². The Balaban J connectivity index is 1.82. The Labute approximate surface area is 205 Å². The summed E-state index contributed by atoms with van der Waals surface area (Å²) in [5.41, 5.74) is 2.91. The van der Waals surface area contributed by atoms with E-state index >= 15 is 0 Å². The van der Waals surface area contributed by atoms with Crippen LogP contribution in [0.2, 0.25) is 5.02 Å². The molecule has 3 aromatic carbocycles. The van der Waals surface area contributed by atoms with E-state index in [4.69, 9.17) is 16.3 Å². The highest BCUT2D eigenvalue weighted by atomic mass is 127. The molecule has 0 spiro atoms. The maximum Gasteiger partial charge on any atom is 0.269 e. The number of ether oxygens (including phenoxy) is 1. The van der Waals surface area contributed by atoms with E-state index in [0.717, 1.165) is 24.0 Å². The molecule has 0 saturated carbocycles. The van der Waals surface area contributed by atoms with Gasteiger partial charge >= 0.3 is 0 Å². The molecule has 150 valence electrons. The van der Waals surface area contributed by atoms with Crippen LogP contribution in [0.15, 0.2) is 60.7 Å². The van der Waals surface area contributed by atoms with E-state index < -0.39 is 4.92 Å². The maximum absolute atomic E-state index is 10.8. The molecule has 0 radical (unpaired) electrons. The van der Waals surface area contributed by atoms with Crippen LogP contribution >= 0.6 is 56.8 Å². The van der Waals surface area contributed by atoms with Crippen molar-refractivity contribution >= 4 is 74.1 Å². The number of benzene rings is 3. The number of hydrogen-bond donors (Lipinski definition) is 0. The summed E-state index contributed by atoms with van der Waals surface area (Å²) >= 11 is 10.6. The van der Waals surface area contributed by atoms with Crippen LogP contribution in [0, 0.1) is 28.6 Å². The molecule has 0 atom stereocenters. The predicted octanol–water partition coefficient (Wildman–Crippen LogP) is 7.10. The number of allylic oxidation sites excluding steroid dienone is 1. The van der Waals surface area contributed by atoms with Crippen molar-refractivity contribution in [2.24, 2.45) is 0 Å². The van der Waals surface area contributed by atoms with Gasteiger partial charge in [0.15, 0.2) is 0 Å². The van der Waals surface area contributed by atoms with E-state index in [1.54, 1.807) is 24.3 Å². The van der Waals surface area contributed by atoms with E-state index in [9.17, 15) is 15.4 Å². The molecule has 30 heavy (non-hydrogen) atoms. The second-order valence-electron chi connectivity index (χ2n) is 6.18. The van der Waals surface area contributed by atoms with Crippen LogP contribution in [-0.2, 0) is 6.61 Å². The summed E-state index contributed by atoms with van der Waals surface area (Å²) in [6.45, 7) is 0.294. The van der Waals surface area contributed by atoms with Crippen molar-refractivity contribution < 1.29 is 9.66 Å². The fourth-order valence-electron chi connectivity index (χ4n) is 2.69. The van der Waals surface area contributed by atoms with Crippen LogP contribution in [0.3, 0.4) is 0 Å². The molecule has 0 bridgehead atoms. The van der Waals surface area contributed by atoms with E-state index in [1.165, 1.54) is 12.1 Å². The van der Waals surface area contributed by atoms with Crippen molar-refractivity contribution in [2.45, 2.75) is 6.61 Å². The van der Waals surface area contributed by atoms with Crippen LogP contribution in [0.25, 0.3) is 11.6 Å². The minimum atomic E-state index is -0.430. The van der Waals surface area contributed by atoms with E-state index in [-0.39, 0.29) is 5.69 Å². The van der Waals surface area contributed by atoms with Gasteiger partial charge in [0.25, 0.3) is 5.69 Å². The largest absolute Gasteiger partial charge is 0.487 e. The lowest BCUT2D eigenvalue weighted by Gasteiger charge is -2.12. The first kappa shape index (κ1) is 22.5. The number of non-ortho nitro benzene ring substituents is 1. The Morgan fingerprint density at radius 2 is 1.77 bits per heavy atom. The van der Waals surface area contributed by atoms with Gasteiger partial charge in [-0.15, -0.1) is 0 Å². The second-order valence-corrected chi connectivity index (χ2v) is 8.91. The highest BCUT2D eigenvalue weighted by Gasteiger charge is 2.11. The third-order valence-electron chi connectivity index (χ3n) is 4.15. The van der Waals surface area contributed by atoms with Crippen molar-refractivity contribution in [3.05, 3.63) is 99.6 Å². The summed E-state index contributed by atoms with van der Waals surface area (Å²) in [7, 11) is 0. The minimum absolute atomic E-state index is 0.0471. The number of halogens is 3. The number of nitrogens with zero attached hydrogens (tertiary/aromatic N) is 2. The van der Waals surface area contributed by atoms with E-state index in [2.05, 4.69) is 51.3 Å². The van der Waals surface area contributed by atoms with Gasteiger partial charge in [0, 0.05) is 22.7 Å². The Hall–Kier alpha value is -2.16. The zero-order valence-electron chi connectivity index (χ0n) is 15.3.